The van der Waals surface area contributed by atoms with Gasteiger partial charge in [-0.15, -0.1) is 0 Å². The molecule has 84 valence electrons. The maximum absolute atomic E-state index is 9.50. The van der Waals surface area contributed by atoms with Crippen molar-refractivity contribution in [3.05, 3.63) is 0 Å². The van der Waals surface area contributed by atoms with Crippen molar-refractivity contribution in [2.24, 2.45) is 5.92 Å². The van der Waals surface area contributed by atoms with E-state index in [1.807, 2.05) is 0 Å². The highest BCUT2D eigenvalue weighted by molar-refractivity contribution is 5.14. The second-order valence-corrected chi connectivity index (χ2v) is 5.12. The maximum Gasteiger partial charge on any atom is 0.111 e. The van der Waals surface area contributed by atoms with Crippen molar-refractivity contribution in [2.75, 3.05) is 33.2 Å². The smallest absolute Gasteiger partial charge is 0.111 e. The molecule has 1 aliphatic heterocycles. The van der Waals surface area contributed by atoms with Crippen molar-refractivity contribution in [2.45, 2.75) is 31.7 Å². The van der Waals surface area contributed by atoms with E-state index in [1.165, 1.54) is 12.8 Å². The van der Waals surface area contributed by atoms with Gasteiger partial charge in [0.1, 0.15) is 5.54 Å². The molecule has 3 nitrogen and oxygen atoms in total. The number of likely N-dealkylation sites (N-methyl/N-ethyl adjacent to an activating group) is 1. The van der Waals surface area contributed by atoms with E-state index < -0.39 is 0 Å². The standard InChI is InChI=1S/C12H21N3/c1-11-4-3-5-12(11,10-13)15-8-6-14(2)7-9-15/h11H,3-9H2,1-2H3. The van der Waals surface area contributed by atoms with Crippen molar-refractivity contribution in [1.29, 1.82) is 5.26 Å². The van der Waals surface area contributed by atoms with Gasteiger partial charge in [-0.1, -0.05) is 13.3 Å². The van der Waals surface area contributed by atoms with Crippen molar-refractivity contribution in [1.82, 2.24) is 9.80 Å². The zero-order chi connectivity index (χ0) is 10.9. The van der Waals surface area contributed by atoms with Gasteiger partial charge < -0.3 is 4.90 Å². The lowest BCUT2D eigenvalue weighted by Gasteiger charge is -2.43. The van der Waals surface area contributed by atoms with Gasteiger partial charge in [-0.05, 0) is 25.8 Å². The third kappa shape index (κ3) is 1.77. The zero-order valence-corrected chi connectivity index (χ0v) is 9.87. The van der Waals surface area contributed by atoms with Crippen LogP contribution in [0.15, 0.2) is 0 Å². The first-order chi connectivity index (χ1) is 7.19. The third-order valence-electron chi connectivity index (χ3n) is 4.27. The van der Waals surface area contributed by atoms with Gasteiger partial charge in [-0.25, -0.2) is 0 Å². The van der Waals surface area contributed by atoms with Crippen LogP contribution in [0.1, 0.15) is 26.2 Å². The van der Waals surface area contributed by atoms with Crippen LogP contribution in [0.5, 0.6) is 0 Å². The van der Waals surface area contributed by atoms with Gasteiger partial charge in [0.2, 0.25) is 0 Å². The third-order valence-corrected chi connectivity index (χ3v) is 4.27. The second kappa shape index (κ2) is 4.11. The largest absolute Gasteiger partial charge is 0.304 e. The summed E-state index contributed by atoms with van der Waals surface area (Å²) in [6, 6.07) is 2.62. The average molecular weight is 207 g/mol. The van der Waals surface area contributed by atoms with Gasteiger partial charge in [0.25, 0.3) is 0 Å². The molecule has 0 N–H and O–H groups in total. The quantitative estimate of drug-likeness (QED) is 0.649. The number of hydrogen-bond donors (Lipinski definition) is 0. The van der Waals surface area contributed by atoms with Crippen LogP contribution in [-0.4, -0.2) is 48.6 Å². The lowest BCUT2D eigenvalue weighted by molar-refractivity contribution is 0.0544. The molecule has 1 heterocycles. The van der Waals surface area contributed by atoms with Crippen LogP contribution in [-0.2, 0) is 0 Å². The van der Waals surface area contributed by atoms with E-state index in [1.54, 1.807) is 0 Å². The van der Waals surface area contributed by atoms with Gasteiger partial charge in [0.05, 0.1) is 6.07 Å². The molecule has 2 unspecified atom stereocenters. The van der Waals surface area contributed by atoms with Gasteiger partial charge >= 0.3 is 0 Å². The molecule has 0 amide bonds. The summed E-state index contributed by atoms with van der Waals surface area (Å²) in [7, 11) is 2.16. The Morgan fingerprint density at radius 2 is 1.93 bits per heavy atom. The summed E-state index contributed by atoms with van der Waals surface area (Å²) >= 11 is 0. The summed E-state index contributed by atoms with van der Waals surface area (Å²) < 4.78 is 0. The van der Waals surface area contributed by atoms with Crippen LogP contribution in [0.25, 0.3) is 0 Å². The predicted octanol–water partition coefficient (Wildman–Crippen LogP) is 1.32. The monoisotopic (exact) mass is 207 g/mol. The molecule has 0 bridgehead atoms. The molecular weight excluding hydrogens is 186 g/mol. The molecule has 0 aromatic carbocycles. The van der Waals surface area contributed by atoms with Gasteiger partial charge in [-0.2, -0.15) is 5.26 Å². The van der Waals surface area contributed by atoms with E-state index in [-0.39, 0.29) is 5.54 Å². The van der Waals surface area contributed by atoms with Crippen LogP contribution in [0, 0.1) is 17.2 Å². The topological polar surface area (TPSA) is 30.3 Å². The van der Waals surface area contributed by atoms with Crippen LogP contribution in [0.2, 0.25) is 0 Å². The molecule has 2 atom stereocenters. The Morgan fingerprint density at radius 3 is 2.40 bits per heavy atom. The Balaban J connectivity index is 2.10. The van der Waals surface area contributed by atoms with Crippen LogP contribution in [0.4, 0.5) is 0 Å². The van der Waals surface area contributed by atoms with Crippen LogP contribution in [0.3, 0.4) is 0 Å². The fourth-order valence-electron chi connectivity index (χ4n) is 3.07. The van der Waals surface area contributed by atoms with Crippen molar-refractivity contribution >= 4 is 0 Å². The molecule has 3 heteroatoms. The summed E-state index contributed by atoms with van der Waals surface area (Å²) in [5.74, 6) is 0.547. The highest BCUT2D eigenvalue weighted by Gasteiger charge is 2.45. The number of nitriles is 1. The van der Waals surface area contributed by atoms with Crippen molar-refractivity contribution in [3.63, 3.8) is 0 Å². The fraction of sp³-hybridized carbons (Fsp3) is 0.917. The van der Waals surface area contributed by atoms with Crippen LogP contribution >= 0.6 is 0 Å². The van der Waals surface area contributed by atoms with Crippen LogP contribution < -0.4 is 0 Å². The minimum atomic E-state index is -0.138. The zero-order valence-electron chi connectivity index (χ0n) is 9.87. The van der Waals surface area contributed by atoms with E-state index in [2.05, 4.69) is 29.8 Å². The number of piperazine rings is 1. The molecule has 0 aromatic heterocycles. The Morgan fingerprint density at radius 1 is 1.27 bits per heavy atom. The first kappa shape index (κ1) is 10.9. The number of nitrogens with zero attached hydrogens (tertiary/aromatic N) is 3. The van der Waals surface area contributed by atoms with E-state index in [4.69, 9.17) is 0 Å². The summed E-state index contributed by atoms with van der Waals surface area (Å²) in [4.78, 5) is 4.78. The first-order valence-corrected chi connectivity index (χ1v) is 6.04. The van der Waals surface area contributed by atoms with E-state index >= 15 is 0 Å². The summed E-state index contributed by atoms with van der Waals surface area (Å²) in [5, 5.41) is 9.50. The predicted molar refractivity (Wildman–Crippen MR) is 60.4 cm³/mol. The molecule has 2 aliphatic rings. The lowest BCUT2D eigenvalue weighted by atomic mass is 9.87. The molecule has 2 rings (SSSR count). The van der Waals surface area contributed by atoms with E-state index in [0.717, 1.165) is 32.6 Å². The van der Waals surface area contributed by atoms with Gasteiger partial charge in [0, 0.05) is 26.2 Å². The lowest BCUT2D eigenvalue weighted by Crippen LogP contribution is -2.57. The number of rotatable bonds is 1. The van der Waals surface area contributed by atoms with Gasteiger partial charge in [-0.3, -0.25) is 4.90 Å². The molecular formula is C12H21N3. The minimum absolute atomic E-state index is 0.138. The Bertz CT molecular complexity index is 263. The normalized spacial score (nSPS) is 39.1. The van der Waals surface area contributed by atoms with Crippen molar-refractivity contribution in [3.8, 4) is 6.07 Å². The fourth-order valence-corrected chi connectivity index (χ4v) is 3.07. The molecule has 0 aromatic rings. The Labute approximate surface area is 92.7 Å². The highest BCUT2D eigenvalue weighted by atomic mass is 15.3. The molecule has 1 aliphatic carbocycles. The Hall–Kier alpha value is -0.590. The average Bonchev–Trinajstić information content (AvgIpc) is 2.62. The molecule has 0 spiro atoms. The SMILES string of the molecule is CC1CCCC1(C#N)N1CCN(C)CC1. The summed E-state index contributed by atoms with van der Waals surface area (Å²) in [6.45, 7) is 6.59. The van der Waals surface area contributed by atoms with Crippen molar-refractivity contribution < 1.29 is 0 Å². The summed E-state index contributed by atoms with van der Waals surface area (Å²) in [6.07, 6.45) is 3.52. The highest BCUT2D eigenvalue weighted by Crippen LogP contribution is 2.40. The van der Waals surface area contributed by atoms with Gasteiger partial charge in [0.15, 0.2) is 0 Å². The second-order valence-electron chi connectivity index (χ2n) is 5.12. The molecule has 2 fully saturated rings. The van der Waals surface area contributed by atoms with E-state index in [0.29, 0.717) is 5.92 Å². The maximum atomic E-state index is 9.50. The molecule has 15 heavy (non-hydrogen) atoms. The minimum Gasteiger partial charge on any atom is -0.304 e. The molecule has 1 saturated heterocycles. The Kier molecular flexibility index (Phi) is 2.99. The first-order valence-electron chi connectivity index (χ1n) is 6.04. The van der Waals surface area contributed by atoms with E-state index in [9.17, 15) is 5.26 Å². The molecule has 0 radical (unpaired) electrons. The molecule has 1 saturated carbocycles. The number of hydrogen-bond acceptors (Lipinski definition) is 3. The summed E-state index contributed by atoms with van der Waals surface area (Å²) in [5.41, 5.74) is -0.138.